The van der Waals surface area contributed by atoms with Gasteiger partial charge in [0.25, 0.3) is 5.91 Å². The molecule has 0 atom stereocenters. The summed E-state index contributed by atoms with van der Waals surface area (Å²) < 4.78 is 5.09. The lowest BCUT2D eigenvalue weighted by molar-refractivity contribution is 0.0520. The van der Waals surface area contributed by atoms with Crippen molar-refractivity contribution in [2.45, 2.75) is 41.0 Å². The molecule has 0 aliphatic heterocycles. The molecule has 0 aliphatic rings. The molecule has 2 rings (SSSR count). The van der Waals surface area contributed by atoms with E-state index in [9.17, 15) is 9.59 Å². The summed E-state index contributed by atoms with van der Waals surface area (Å²) in [6.45, 7) is 9.47. The normalized spacial score (nSPS) is 10.4. The molecule has 0 saturated carbocycles. The van der Waals surface area contributed by atoms with Crippen molar-refractivity contribution >= 4 is 17.6 Å². The molecule has 6 heteroatoms. The van der Waals surface area contributed by atoms with Crippen LogP contribution in [0, 0.1) is 20.8 Å². The lowest BCUT2D eigenvalue weighted by Gasteiger charge is -2.13. The molecule has 1 aromatic heterocycles. The minimum Gasteiger partial charge on any atom is -0.462 e. The highest BCUT2D eigenvalue weighted by atomic mass is 16.5. The number of hydrogen-bond acceptors (Lipinski definition) is 5. The van der Waals surface area contributed by atoms with Gasteiger partial charge in [0.15, 0.2) is 0 Å². The molecule has 2 aromatic rings. The van der Waals surface area contributed by atoms with Crippen LogP contribution in [0.5, 0.6) is 0 Å². The second kappa shape index (κ2) is 7.88. The van der Waals surface area contributed by atoms with Gasteiger partial charge in [0.1, 0.15) is 17.1 Å². The summed E-state index contributed by atoms with van der Waals surface area (Å²) in [6.07, 6.45) is 0.501. The van der Waals surface area contributed by atoms with Crippen LogP contribution in [0.1, 0.15) is 57.3 Å². The van der Waals surface area contributed by atoms with E-state index in [0.717, 1.165) is 11.1 Å². The molecule has 1 N–H and O–H groups in total. The Morgan fingerprint density at radius 1 is 1.08 bits per heavy atom. The van der Waals surface area contributed by atoms with E-state index in [1.54, 1.807) is 13.8 Å². The number of hydrogen-bond donors (Lipinski definition) is 1. The van der Waals surface area contributed by atoms with Crippen LogP contribution < -0.4 is 5.32 Å². The molecule has 6 nitrogen and oxygen atoms in total. The van der Waals surface area contributed by atoms with E-state index in [-0.39, 0.29) is 17.9 Å². The number of rotatable bonds is 5. The minimum absolute atomic E-state index is 0.0426. The molecule has 0 spiro atoms. The van der Waals surface area contributed by atoms with Crippen LogP contribution in [0.15, 0.2) is 18.2 Å². The summed E-state index contributed by atoms with van der Waals surface area (Å²) in [4.78, 5) is 33.6. The molecule has 0 radical (unpaired) electrons. The van der Waals surface area contributed by atoms with Gasteiger partial charge in [-0.2, -0.15) is 0 Å². The van der Waals surface area contributed by atoms with Gasteiger partial charge in [-0.1, -0.05) is 13.0 Å². The fourth-order valence-corrected chi connectivity index (χ4v) is 2.48. The maximum Gasteiger partial charge on any atom is 0.342 e. The van der Waals surface area contributed by atoms with Gasteiger partial charge < -0.3 is 10.1 Å². The third-order valence-corrected chi connectivity index (χ3v) is 3.89. The molecule has 0 bridgehead atoms. The van der Waals surface area contributed by atoms with Gasteiger partial charge in [0.2, 0.25) is 0 Å². The molecule has 25 heavy (non-hydrogen) atoms. The first-order valence-electron chi connectivity index (χ1n) is 8.30. The van der Waals surface area contributed by atoms with E-state index >= 15 is 0 Å². The number of benzene rings is 1. The molecule has 0 unspecified atom stereocenters. The number of carbonyl (C=O) groups is 2. The highest BCUT2D eigenvalue weighted by Gasteiger charge is 2.25. The predicted molar refractivity (Wildman–Crippen MR) is 96.0 cm³/mol. The maximum absolute atomic E-state index is 12.8. The van der Waals surface area contributed by atoms with Crippen molar-refractivity contribution in [1.82, 2.24) is 9.97 Å². The first kappa shape index (κ1) is 18.6. The van der Waals surface area contributed by atoms with Gasteiger partial charge in [0, 0.05) is 5.69 Å². The zero-order valence-electron chi connectivity index (χ0n) is 15.3. The Bertz CT molecular complexity index is 816. The highest BCUT2D eigenvalue weighted by molar-refractivity contribution is 6.10. The SMILES string of the molecule is CCOC(=O)c1c(CC)nc(C)nc1C(=O)Nc1ccc(C)c(C)c1. The van der Waals surface area contributed by atoms with Gasteiger partial charge >= 0.3 is 5.97 Å². The number of aryl methyl sites for hydroxylation is 4. The van der Waals surface area contributed by atoms with Crippen molar-refractivity contribution in [2.75, 3.05) is 11.9 Å². The van der Waals surface area contributed by atoms with E-state index in [1.807, 2.05) is 39.0 Å². The lowest BCUT2D eigenvalue weighted by Crippen LogP contribution is -2.23. The van der Waals surface area contributed by atoms with Crippen molar-refractivity contribution in [3.8, 4) is 0 Å². The van der Waals surface area contributed by atoms with E-state index in [2.05, 4.69) is 15.3 Å². The molecule has 1 aromatic carbocycles. The number of carbonyl (C=O) groups excluding carboxylic acids is 2. The first-order chi connectivity index (χ1) is 11.9. The topological polar surface area (TPSA) is 81.2 Å². The minimum atomic E-state index is -0.579. The van der Waals surface area contributed by atoms with Crippen LogP contribution in [0.2, 0.25) is 0 Å². The average Bonchev–Trinajstić information content (AvgIpc) is 2.57. The van der Waals surface area contributed by atoms with Crippen LogP contribution in [-0.2, 0) is 11.2 Å². The number of amides is 1. The fraction of sp³-hybridized carbons (Fsp3) is 0.368. The summed E-state index contributed by atoms with van der Waals surface area (Å²) in [5.41, 5.74) is 3.54. The Morgan fingerprint density at radius 2 is 1.80 bits per heavy atom. The number of esters is 1. The van der Waals surface area contributed by atoms with Crippen molar-refractivity contribution in [2.24, 2.45) is 0 Å². The van der Waals surface area contributed by atoms with Crippen molar-refractivity contribution in [1.29, 1.82) is 0 Å². The highest BCUT2D eigenvalue weighted by Crippen LogP contribution is 2.18. The number of nitrogens with one attached hydrogen (secondary N) is 1. The standard InChI is InChI=1S/C19H23N3O3/c1-6-15-16(19(24)25-7-2)17(21-13(5)20-15)18(23)22-14-9-8-11(3)12(4)10-14/h8-10H,6-7H2,1-5H3,(H,22,23). The van der Waals surface area contributed by atoms with Crippen LogP contribution >= 0.6 is 0 Å². The Balaban J connectivity index is 2.45. The number of ether oxygens (including phenoxy) is 1. The van der Waals surface area contributed by atoms with Crippen LogP contribution in [0.3, 0.4) is 0 Å². The number of nitrogens with zero attached hydrogens (tertiary/aromatic N) is 2. The van der Waals surface area contributed by atoms with Gasteiger partial charge in [-0.15, -0.1) is 0 Å². The van der Waals surface area contributed by atoms with E-state index in [1.165, 1.54) is 0 Å². The van der Waals surface area contributed by atoms with Crippen molar-refractivity contribution in [3.63, 3.8) is 0 Å². The third-order valence-electron chi connectivity index (χ3n) is 3.89. The van der Waals surface area contributed by atoms with E-state index in [4.69, 9.17) is 4.74 Å². The second-order valence-corrected chi connectivity index (χ2v) is 5.77. The number of aromatic nitrogens is 2. The van der Waals surface area contributed by atoms with Gasteiger partial charge in [0.05, 0.1) is 12.3 Å². The van der Waals surface area contributed by atoms with Crippen LogP contribution in [-0.4, -0.2) is 28.5 Å². The average molecular weight is 341 g/mol. The quantitative estimate of drug-likeness (QED) is 0.843. The molecule has 1 amide bonds. The third kappa shape index (κ3) is 4.21. The molecule has 132 valence electrons. The monoisotopic (exact) mass is 341 g/mol. The van der Waals surface area contributed by atoms with Gasteiger partial charge in [-0.25, -0.2) is 14.8 Å². The largest absolute Gasteiger partial charge is 0.462 e. The predicted octanol–water partition coefficient (Wildman–Crippen LogP) is 3.39. The Morgan fingerprint density at radius 3 is 2.40 bits per heavy atom. The van der Waals surface area contributed by atoms with Crippen LogP contribution in [0.25, 0.3) is 0 Å². The van der Waals surface area contributed by atoms with E-state index < -0.39 is 11.9 Å². The smallest absolute Gasteiger partial charge is 0.342 e. The summed E-state index contributed by atoms with van der Waals surface area (Å²) in [7, 11) is 0. The van der Waals surface area contributed by atoms with Crippen LogP contribution in [0.4, 0.5) is 5.69 Å². The Kier molecular flexibility index (Phi) is 5.85. The van der Waals surface area contributed by atoms with Gasteiger partial charge in [-0.3, -0.25) is 4.79 Å². The molecule has 0 aliphatic carbocycles. The lowest BCUT2D eigenvalue weighted by atomic mass is 10.1. The molecule has 0 saturated heterocycles. The number of anilines is 1. The first-order valence-corrected chi connectivity index (χ1v) is 8.30. The maximum atomic E-state index is 12.8. The van der Waals surface area contributed by atoms with E-state index in [0.29, 0.717) is 23.6 Å². The van der Waals surface area contributed by atoms with Crippen molar-refractivity contribution in [3.05, 3.63) is 52.1 Å². The Labute approximate surface area is 147 Å². The fourth-order valence-electron chi connectivity index (χ4n) is 2.48. The molecule has 1 heterocycles. The summed E-state index contributed by atoms with van der Waals surface area (Å²) in [5, 5.41) is 2.81. The van der Waals surface area contributed by atoms with Crippen molar-refractivity contribution < 1.29 is 14.3 Å². The summed E-state index contributed by atoms with van der Waals surface area (Å²) in [5.74, 6) is -0.591. The zero-order valence-corrected chi connectivity index (χ0v) is 15.3. The molecular weight excluding hydrogens is 318 g/mol. The summed E-state index contributed by atoms with van der Waals surface area (Å²) >= 11 is 0. The Hall–Kier alpha value is -2.76. The zero-order chi connectivity index (χ0) is 18.6. The van der Waals surface area contributed by atoms with Gasteiger partial charge in [-0.05, 0) is 57.4 Å². The molecule has 0 fully saturated rings. The second-order valence-electron chi connectivity index (χ2n) is 5.77. The molecular formula is C19H23N3O3. The summed E-state index contributed by atoms with van der Waals surface area (Å²) in [6, 6.07) is 5.63.